The molecule has 1 aliphatic heterocycles. The van der Waals surface area contributed by atoms with Crippen molar-refractivity contribution >= 4 is 47.2 Å². The molecule has 1 amide bonds. The molecule has 4 rings (SSSR count). The molecule has 1 aromatic heterocycles. The third kappa shape index (κ3) is 3.97. The summed E-state index contributed by atoms with van der Waals surface area (Å²) in [7, 11) is 0. The minimum Gasteiger partial charge on any atom is -0.370 e. The van der Waals surface area contributed by atoms with Crippen molar-refractivity contribution in [2.45, 2.75) is 5.92 Å². The fraction of sp³-hybridized carbons (Fsp3) is 0.200. The highest BCUT2D eigenvalue weighted by Crippen LogP contribution is 2.39. The molecule has 0 saturated carbocycles. The van der Waals surface area contributed by atoms with Crippen LogP contribution in [0.4, 0.5) is 18.9 Å². The molecular weight excluding hydrogens is 426 g/mol. The van der Waals surface area contributed by atoms with E-state index in [1.807, 2.05) is 29.2 Å². The van der Waals surface area contributed by atoms with E-state index in [1.165, 1.54) is 6.07 Å². The highest BCUT2D eigenvalue weighted by molar-refractivity contribution is 5.94. The van der Waals surface area contributed by atoms with Gasteiger partial charge in [0.1, 0.15) is 0 Å². The predicted molar refractivity (Wildman–Crippen MR) is 110 cm³/mol. The summed E-state index contributed by atoms with van der Waals surface area (Å²) in [6.07, 6.45) is 3.40. The van der Waals surface area contributed by atoms with Crippen LogP contribution in [0.5, 0.6) is 0 Å². The zero-order chi connectivity index (χ0) is 19.1. The quantitative estimate of drug-likeness (QED) is 0.617. The first-order chi connectivity index (χ1) is 13.0. The van der Waals surface area contributed by atoms with E-state index in [4.69, 9.17) is 5.73 Å². The second kappa shape index (κ2) is 8.88. The Kier molecular flexibility index (Phi) is 6.97. The normalized spacial score (nSPS) is 18.2. The van der Waals surface area contributed by atoms with Crippen LogP contribution in [-0.4, -0.2) is 24.0 Å². The number of halogens is 5. The molecule has 9 heteroatoms. The number of fused-ring (bicyclic) bond motifs is 1. The van der Waals surface area contributed by atoms with Crippen LogP contribution in [0.2, 0.25) is 0 Å². The van der Waals surface area contributed by atoms with Gasteiger partial charge in [-0.15, -0.1) is 24.8 Å². The molecule has 2 N–H and O–H groups in total. The third-order valence-corrected chi connectivity index (χ3v) is 5.15. The molecule has 1 fully saturated rings. The number of benzene rings is 2. The van der Waals surface area contributed by atoms with E-state index < -0.39 is 35.2 Å². The number of anilines is 1. The van der Waals surface area contributed by atoms with Crippen molar-refractivity contribution in [3.05, 3.63) is 71.8 Å². The van der Waals surface area contributed by atoms with Crippen molar-refractivity contribution in [3.63, 3.8) is 0 Å². The van der Waals surface area contributed by atoms with Gasteiger partial charge in [0.15, 0.2) is 17.5 Å². The molecule has 2 heterocycles. The van der Waals surface area contributed by atoms with Gasteiger partial charge in [-0.05, 0) is 23.8 Å². The van der Waals surface area contributed by atoms with Crippen LogP contribution in [0, 0.1) is 23.4 Å². The highest BCUT2D eigenvalue weighted by atomic mass is 35.5. The molecular formula is C20H18Cl2F3N3O. The van der Waals surface area contributed by atoms with Crippen LogP contribution >= 0.6 is 24.8 Å². The van der Waals surface area contributed by atoms with E-state index in [0.717, 1.165) is 22.5 Å². The smallest absolute Gasteiger partial charge is 0.223 e. The summed E-state index contributed by atoms with van der Waals surface area (Å²) >= 11 is 0. The first kappa shape index (κ1) is 22.8. The molecule has 0 bridgehead atoms. The van der Waals surface area contributed by atoms with Crippen LogP contribution < -0.4 is 10.6 Å². The van der Waals surface area contributed by atoms with Gasteiger partial charge >= 0.3 is 0 Å². The third-order valence-electron chi connectivity index (χ3n) is 5.15. The Balaban J connectivity index is 0.00000150. The number of primary amides is 1. The SMILES string of the molecule is Cl.Cl.NC(=O)C1CN(c2cccc3cnccc23)CC1c1ccc(F)c(F)c1F. The summed E-state index contributed by atoms with van der Waals surface area (Å²) in [6, 6.07) is 9.59. The summed E-state index contributed by atoms with van der Waals surface area (Å²) in [5.74, 6) is -6.06. The molecule has 154 valence electrons. The zero-order valence-corrected chi connectivity index (χ0v) is 16.7. The molecule has 1 saturated heterocycles. The van der Waals surface area contributed by atoms with Gasteiger partial charge in [0, 0.05) is 47.9 Å². The number of hydrogen-bond donors (Lipinski definition) is 1. The maximum atomic E-state index is 14.3. The van der Waals surface area contributed by atoms with Crippen molar-refractivity contribution < 1.29 is 18.0 Å². The second-order valence-electron chi connectivity index (χ2n) is 6.66. The van der Waals surface area contributed by atoms with Gasteiger partial charge in [0.2, 0.25) is 5.91 Å². The Morgan fingerprint density at radius 2 is 1.79 bits per heavy atom. The minimum absolute atomic E-state index is 0. The van der Waals surface area contributed by atoms with Crippen molar-refractivity contribution in [2.75, 3.05) is 18.0 Å². The lowest BCUT2D eigenvalue weighted by Gasteiger charge is -2.21. The van der Waals surface area contributed by atoms with Gasteiger partial charge in [0.05, 0.1) is 5.92 Å². The van der Waals surface area contributed by atoms with E-state index in [9.17, 15) is 18.0 Å². The molecule has 2 atom stereocenters. The number of pyridine rings is 1. The molecule has 2 unspecified atom stereocenters. The topological polar surface area (TPSA) is 59.2 Å². The lowest BCUT2D eigenvalue weighted by molar-refractivity contribution is -0.121. The number of hydrogen-bond acceptors (Lipinski definition) is 3. The summed E-state index contributed by atoms with van der Waals surface area (Å²) in [6.45, 7) is 0.525. The van der Waals surface area contributed by atoms with Gasteiger partial charge in [-0.3, -0.25) is 9.78 Å². The zero-order valence-electron chi connectivity index (χ0n) is 15.0. The number of carbonyl (C=O) groups is 1. The Hall–Kier alpha value is -2.51. The summed E-state index contributed by atoms with van der Waals surface area (Å²) < 4.78 is 41.3. The van der Waals surface area contributed by atoms with Gasteiger partial charge in [0.25, 0.3) is 0 Å². The lowest BCUT2D eigenvalue weighted by Crippen LogP contribution is -2.29. The van der Waals surface area contributed by atoms with Gasteiger partial charge in [-0.25, -0.2) is 13.2 Å². The van der Waals surface area contributed by atoms with Crippen LogP contribution in [0.1, 0.15) is 11.5 Å². The average Bonchev–Trinajstić information content (AvgIpc) is 3.11. The van der Waals surface area contributed by atoms with Crippen molar-refractivity contribution in [1.29, 1.82) is 0 Å². The maximum absolute atomic E-state index is 14.3. The summed E-state index contributed by atoms with van der Waals surface area (Å²) in [5, 5.41) is 1.86. The van der Waals surface area contributed by atoms with E-state index >= 15 is 0 Å². The largest absolute Gasteiger partial charge is 0.370 e. The summed E-state index contributed by atoms with van der Waals surface area (Å²) in [5.41, 5.74) is 6.34. The number of aromatic nitrogens is 1. The molecule has 0 aliphatic carbocycles. The fourth-order valence-corrected chi connectivity index (χ4v) is 3.81. The Labute approximate surface area is 177 Å². The van der Waals surface area contributed by atoms with Gasteiger partial charge in [-0.2, -0.15) is 0 Å². The van der Waals surface area contributed by atoms with Gasteiger partial charge in [-0.1, -0.05) is 18.2 Å². The minimum atomic E-state index is -1.54. The molecule has 0 radical (unpaired) electrons. The Morgan fingerprint density at radius 3 is 2.52 bits per heavy atom. The predicted octanol–water partition coefficient (Wildman–Crippen LogP) is 4.20. The number of carbonyl (C=O) groups excluding carboxylic acids is 1. The monoisotopic (exact) mass is 443 g/mol. The fourth-order valence-electron chi connectivity index (χ4n) is 3.81. The molecule has 29 heavy (non-hydrogen) atoms. The molecule has 0 spiro atoms. The number of nitrogens with zero attached hydrogens (tertiary/aromatic N) is 2. The molecule has 1 aliphatic rings. The van der Waals surface area contributed by atoms with Crippen molar-refractivity contribution in [2.24, 2.45) is 11.7 Å². The highest BCUT2D eigenvalue weighted by Gasteiger charge is 2.40. The lowest BCUT2D eigenvalue weighted by atomic mass is 9.88. The van der Waals surface area contributed by atoms with Crippen LogP contribution in [-0.2, 0) is 4.79 Å². The molecule has 3 aromatic rings. The standard InChI is InChI=1S/C20H16F3N3O.2ClH/c21-16-5-4-13(18(22)19(16)23)14-9-26(10-15(14)20(24)27)17-3-1-2-11-8-25-7-6-12(11)17;;/h1-8,14-15H,9-10H2,(H2,24,27);2*1H. The Bertz CT molecular complexity index is 1050. The van der Waals surface area contributed by atoms with Crippen LogP contribution in [0.15, 0.2) is 48.8 Å². The first-order valence-electron chi connectivity index (χ1n) is 8.47. The van der Waals surface area contributed by atoms with Crippen molar-refractivity contribution in [3.8, 4) is 0 Å². The van der Waals surface area contributed by atoms with E-state index in [1.54, 1.807) is 12.4 Å². The maximum Gasteiger partial charge on any atom is 0.223 e. The number of rotatable bonds is 3. The number of nitrogens with two attached hydrogens (primary N) is 1. The van der Waals surface area contributed by atoms with Crippen LogP contribution in [0.3, 0.4) is 0 Å². The van der Waals surface area contributed by atoms with E-state index in [2.05, 4.69) is 4.98 Å². The molecule has 4 nitrogen and oxygen atoms in total. The summed E-state index contributed by atoms with van der Waals surface area (Å²) in [4.78, 5) is 18.0. The first-order valence-corrected chi connectivity index (χ1v) is 8.47. The Morgan fingerprint density at radius 1 is 1.03 bits per heavy atom. The van der Waals surface area contributed by atoms with Crippen molar-refractivity contribution in [1.82, 2.24) is 4.98 Å². The van der Waals surface area contributed by atoms with Crippen LogP contribution in [0.25, 0.3) is 10.8 Å². The average molecular weight is 444 g/mol. The van der Waals surface area contributed by atoms with E-state index in [-0.39, 0.29) is 43.5 Å². The van der Waals surface area contributed by atoms with Gasteiger partial charge < -0.3 is 10.6 Å². The van der Waals surface area contributed by atoms with E-state index in [0.29, 0.717) is 0 Å². The second-order valence-corrected chi connectivity index (χ2v) is 6.66. The number of amides is 1. The molecule has 2 aromatic carbocycles.